The van der Waals surface area contributed by atoms with Gasteiger partial charge in [0.05, 0.1) is 0 Å². The molecule has 0 unspecified atom stereocenters. The van der Waals surface area contributed by atoms with Gasteiger partial charge in [0.15, 0.2) is 23.2 Å². The first-order valence-corrected chi connectivity index (χ1v) is 11.7. The van der Waals surface area contributed by atoms with Crippen molar-refractivity contribution in [3.63, 3.8) is 0 Å². The van der Waals surface area contributed by atoms with Crippen LogP contribution < -0.4 is 9.47 Å². The van der Waals surface area contributed by atoms with Crippen LogP contribution in [0.1, 0.15) is 49.7 Å². The Morgan fingerprint density at radius 2 is 1.62 bits per heavy atom. The van der Waals surface area contributed by atoms with Gasteiger partial charge in [-0.05, 0) is 53.5 Å². The zero-order valence-corrected chi connectivity index (χ0v) is 19.3. The molecule has 178 valence electrons. The summed E-state index contributed by atoms with van der Waals surface area (Å²) < 4.78 is 54.8. The summed E-state index contributed by atoms with van der Waals surface area (Å²) in [6.07, 6.45) is 5.45. The van der Waals surface area contributed by atoms with Crippen molar-refractivity contribution >= 4 is 0 Å². The number of ether oxygens (including phenoxy) is 2. The fourth-order valence-corrected chi connectivity index (χ4v) is 4.46. The highest BCUT2D eigenvalue weighted by Gasteiger charge is 2.25. The molecule has 0 radical (unpaired) electrons. The van der Waals surface area contributed by atoms with Crippen LogP contribution in [-0.2, 0) is 6.61 Å². The monoisotopic (exact) mass is 466 g/mol. The summed E-state index contributed by atoms with van der Waals surface area (Å²) in [5.74, 6) is -0.796. The van der Waals surface area contributed by atoms with Crippen LogP contribution in [-0.4, -0.2) is 6.61 Å². The third-order valence-electron chi connectivity index (χ3n) is 6.50. The molecule has 34 heavy (non-hydrogen) atoms. The van der Waals surface area contributed by atoms with E-state index in [-0.39, 0.29) is 30.4 Å². The molecule has 3 aromatic rings. The van der Waals surface area contributed by atoms with Crippen molar-refractivity contribution in [1.29, 1.82) is 0 Å². The van der Waals surface area contributed by atoms with Crippen LogP contribution in [0.4, 0.5) is 13.2 Å². The summed E-state index contributed by atoms with van der Waals surface area (Å²) in [4.78, 5) is 0. The van der Waals surface area contributed by atoms with Gasteiger partial charge in [-0.1, -0.05) is 68.8 Å². The van der Waals surface area contributed by atoms with Crippen LogP contribution in [0.25, 0.3) is 11.1 Å². The zero-order chi connectivity index (χ0) is 24.1. The fraction of sp³-hybridized carbons (Fsp3) is 0.310. The van der Waals surface area contributed by atoms with E-state index in [1.54, 1.807) is 48.5 Å². The van der Waals surface area contributed by atoms with Crippen molar-refractivity contribution in [2.75, 3.05) is 6.61 Å². The van der Waals surface area contributed by atoms with E-state index in [4.69, 9.17) is 9.47 Å². The van der Waals surface area contributed by atoms with E-state index < -0.39 is 17.5 Å². The van der Waals surface area contributed by atoms with Crippen molar-refractivity contribution in [1.82, 2.24) is 0 Å². The molecule has 1 aliphatic rings. The Balaban J connectivity index is 1.42. The van der Waals surface area contributed by atoms with E-state index in [0.29, 0.717) is 22.8 Å². The lowest BCUT2D eigenvalue weighted by Crippen LogP contribution is -2.13. The lowest BCUT2D eigenvalue weighted by atomic mass is 9.79. The molecule has 0 spiro atoms. The molecule has 5 heteroatoms. The molecule has 3 aromatic carbocycles. The molecule has 0 amide bonds. The van der Waals surface area contributed by atoms with Gasteiger partial charge in [-0.25, -0.2) is 13.2 Å². The molecule has 2 nitrogen and oxygen atoms in total. The summed E-state index contributed by atoms with van der Waals surface area (Å²) >= 11 is 0. The highest BCUT2D eigenvalue weighted by Crippen LogP contribution is 2.38. The van der Waals surface area contributed by atoms with Crippen molar-refractivity contribution in [2.24, 2.45) is 5.92 Å². The number of hydrogen-bond acceptors (Lipinski definition) is 2. The molecular weight excluding hydrogens is 437 g/mol. The first kappa shape index (κ1) is 23.9. The summed E-state index contributed by atoms with van der Waals surface area (Å²) in [5.41, 5.74) is 2.16. The van der Waals surface area contributed by atoms with Crippen LogP contribution >= 0.6 is 0 Å². The molecule has 1 saturated carbocycles. The van der Waals surface area contributed by atoms with Crippen molar-refractivity contribution in [2.45, 2.75) is 45.1 Å². The Morgan fingerprint density at radius 1 is 0.882 bits per heavy atom. The Labute approximate surface area is 199 Å². The second-order valence-electron chi connectivity index (χ2n) is 8.96. The highest BCUT2D eigenvalue weighted by molar-refractivity contribution is 5.65. The summed E-state index contributed by atoms with van der Waals surface area (Å²) in [5, 5.41) is 0. The average molecular weight is 467 g/mol. The maximum Gasteiger partial charge on any atom is 0.168 e. The van der Waals surface area contributed by atoms with E-state index in [9.17, 15) is 13.2 Å². The number of halogens is 3. The average Bonchev–Trinajstić information content (AvgIpc) is 2.85. The number of rotatable bonds is 8. The molecule has 1 aliphatic carbocycles. The van der Waals surface area contributed by atoms with E-state index in [1.807, 2.05) is 0 Å². The third-order valence-corrected chi connectivity index (χ3v) is 6.50. The summed E-state index contributed by atoms with van der Waals surface area (Å²) in [6, 6.07) is 14.9. The minimum Gasteiger partial charge on any atom is -0.489 e. The lowest BCUT2D eigenvalue weighted by Gasteiger charge is -2.27. The van der Waals surface area contributed by atoms with E-state index in [0.717, 1.165) is 31.2 Å². The number of benzene rings is 3. The Kier molecular flexibility index (Phi) is 7.61. The standard InChI is InChI=1S/C29H29F3O2/c1-3-16-33-27-15-12-23(17-26(27)30)34-18-20-6-10-22(11-7-20)25-14-13-24(28(31)29(25)32)21-8-4-19(2)5-9-21/h3,6-7,10-15,17,19,21H,1,4-5,8-9,16,18H2,2H3. The second kappa shape index (κ2) is 10.8. The van der Waals surface area contributed by atoms with E-state index >= 15 is 0 Å². The third kappa shape index (κ3) is 5.46. The molecule has 0 aliphatic heterocycles. The molecule has 4 rings (SSSR count). The minimum atomic E-state index is -0.797. The van der Waals surface area contributed by atoms with E-state index in [1.165, 1.54) is 12.1 Å². The highest BCUT2D eigenvalue weighted by atomic mass is 19.2. The van der Waals surface area contributed by atoms with Crippen LogP contribution in [0.5, 0.6) is 11.5 Å². The molecule has 0 heterocycles. The van der Waals surface area contributed by atoms with Gasteiger partial charge >= 0.3 is 0 Å². The van der Waals surface area contributed by atoms with E-state index in [2.05, 4.69) is 13.5 Å². The van der Waals surface area contributed by atoms with Crippen LogP contribution in [0, 0.1) is 23.4 Å². The smallest absolute Gasteiger partial charge is 0.168 e. The first-order valence-electron chi connectivity index (χ1n) is 11.7. The minimum absolute atomic E-state index is 0.0896. The van der Waals surface area contributed by atoms with Crippen LogP contribution in [0.15, 0.2) is 67.3 Å². The van der Waals surface area contributed by atoms with Gasteiger partial charge in [-0.2, -0.15) is 0 Å². The molecular formula is C29H29F3O2. The largest absolute Gasteiger partial charge is 0.489 e. The topological polar surface area (TPSA) is 18.5 Å². The lowest BCUT2D eigenvalue weighted by molar-refractivity contribution is 0.300. The van der Waals surface area contributed by atoms with Gasteiger partial charge in [-0.3, -0.25) is 0 Å². The SMILES string of the molecule is C=CCOc1ccc(OCc2ccc(-c3ccc(C4CCC(C)CC4)c(F)c3F)cc2)cc1F. The molecule has 0 saturated heterocycles. The van der Waals surface area contributed by atoms with Crippen molar-refractivity contribution in [3.8, 4) is 22.6 Å². The maximum atomic E-state index is 14.9. The van der Waals surface area contributed by atoms with Gasteiger partial charge in [-0.15, -0.1) is 0 Å². The van der Waals surface area contributed by atoms with Gasteiger partial charge in [0.25, 0.3) is 0 Å². The van der Waals surface area contributed by atoms with Gasteiger partial charge < -0.3 is 9.47 Å². The Bertz CT molecular complexity index is 1130. The Hall–Kier alpha value is -3.21. The molecule has 0 aromatic heterocycles. The number of hydrogen-bond donors (Lipinski definition) is 0. The van der Waals surface area contributed by atoms with Gasteiger partial charge in [0, 0.05) is 11.6 Å². The quantitative estimate of drug-likeness (QED) is 0.312. The molecule has 0 N–H and O–H groups in total. The van der Waals surface area contributed by atoms with Crippen LogP contribution in [0.2, 0.25) is 0 Å². The van der Waals surface area contributed by atoms with Gasteiger partial charge in [0.2, 0.25) is 0 Å². The van der Waals surface area contributed by atoms with Crippen LogP contribution in [0.3, 0.4) is 0 Å². The second-order valence-corrected chi connectivity index (χ2v) is 8.96. The summed E-state index contributed by atoms with van der Waals surface area (Å²) in [7, 11) is 0. The first-order chi connectivity index (χ1) is 16.5. The van der Waals surface area contributed by atoms with Gasteiger partial charge in [0.1, 0.15) is 19.0 Å². The normalized spacial score (nSPS) is 17.9. The summed E-state index contributed by atoms with van der Waals surface area (Å²) in [6.45, 7) is 6.17. The van der Waals surface area contributed by atoms with Crippen molar-refractivity contribution in [3.05, 3.63) is 95.8 Å². The molecule has 0 bridgehead atoms. The fourth-order valence-electron chi connectivity index (χ4n) is 4.46. The zero-order valence-electron chi connectivity index (χ0n) is 19.3. The van der Waals surface area contributed by atoms with Crippen molar-refractivity contribution < 1.29 is 22.6 Å². The maximum absolute atomic E-state index is 14.9. The molecule has 1 fully saturated rings. The molecule has 0 atom stereocenters. The predicted molar refractivity (Wildman–Crippen MR) is 129 cm³/mol. The Morgan fingerprint density at radius 3 is 2.29 bits per heavy atom. The predicted octanol–water partition coefficient (Wildman–Crippen LogP) is 8.21.